The highest BCUT2D eigenvalue weighted by Gasteiger charge is 2.11. The van der Waals surface area contributed by atoms with Gasteiger partial charge < -0.3 is 15.2 Å². The van der Waals surface area contributed by atoms with Crippen molar-refractivity contribution in [1.82, 2.24) is 0 Å². The van der Waals surface area contributed by atoms with E-state index in [9.17, 15) is 9.59 Å². The molecule has 0 spiro atoms. The predicted molar refractivity (Wildman–Crippen MR) is 66.8 cm³/mol. The summed E-state index contributed by atoms with van der Waals surface area (Å²) in [5, 5.41) is 0. The molecule has 0 unspecified atom stereocenters. The van der Waals surface area contributed by atoms with Gasteiger partial charge in [0.15, 0.2) is 5.78 Å². The lowest BCUT2D eigenvalue weighted by Gasteiger charge is -2.12. The molecule has 0 aliphatic rings. The molecule has 1 rings (SSSR count). The second-order valence-corrected chi connectivity index (χ2v) is 4.06. The van der Waals surface area contributed by atoms with Gasteiger partial charge in [0.2, 0.25) is 5.91 Å². The maximum absolute atomic E-state index is 11.3. The normalized spacial score (nSPS) is 10.2. The Bertz CT molecular complexity index is 445. The number of aryl methyl sites for hydroxylation is 2. The van der Waals surface area contributed by atoms with Crippen molar-refractivity contribution >= 4 is 11.7 Å². The number of primary amides is 1. The van der Waals surface area contributed by atoms with E-state index in [-0.39, 0.29) is 19.0 Å². The number of carbonyl (C=O) groups excluding carboxylic acids is 2. The molecule has 5 nitrogen and oxygen atoms in total. The Morgan fingerprint density at radius 2 is 1.72 bits per heavy atom. The summed E-state index contributed by atoms with van der Waals surface area (Å²) in [7, 11) is 1.45. The lowest BCUT2D eigenvalue weighted by Crippen LogP contribution is -2.17. The van der Waals surface area contributed by atoms with E-state index in [4.69, 9.17) is 15.2 Å². The molecule has 0 saturated carbocycles. The van der Waals surface area contributed by atoms with Gasteiger partial charge in [0.05, 0.1) is 0 Å². The van der Waals surface area contributed by atoms with E-state index in [1.54, 1.807) is 26.0 Å². The smallest absolute Gasteiger partial charge is 0.248 e. The maximum atomic E-state index is 11.3. The molecule has 0 heterocycles. The van der Waals surface area contributed by atoms with E-state index in [1.165, 1.54) is 7.11 Å². The Hall–Kier alpha value is -1.88. The second-order valence-electron chi connectivity index (χ2n) is 4.06. The summed E-state index contributed by atoms with van der Waals surface area (Å²) in [5.74, 6) is -0.0251. The Morgan fingerprint density at radius 1 is 1.17 bits per heavy atom. The Balaban J connectivity index is 2.84. The lowest BCUT2D eigenvalue weighted by molar-refractivity contribution is -0.124. The molecule has 1 amide bonds. The van der Waals surface area contributed by atoms with Gasteiger partial charge in [0, 0.05) is 12.7 Å². The molecule has 0 aromatic heterocycles. The van der Waals surface area contributed by atoms with Crippen molar-refractivity contribution in [2.75, 3.05) is 20.3 Å². The van der Waals surface area contributed by atoms with Gasteiger partial charge in [-0.1, -0.05) is 0 Å². The molecule has 18 heavy (non-hydrogen) atoms. The number of nitrogens with two attached hydrogens (primary N) is 1. The zero-order chi connectivity index (χ0) is 13.7. The first-order valence-electron chi connectivity index (χ1n) is 5.50. The molecule has 0 fully saturated rings. The summed E-state index contributed by atoms with van der Waals surface area (Å²) < 4.78 is 10.1. The van der Waals surface area contributed by atoms with Crippen LogP contribution in [0.5, 0.6) is 5.75 Å². The monoisotopic (exact) mass is 251 g/mol. The highest BCUT2D eigenvalue weighted by Crippen LogP contribution is 2.24. The van der Waals surface area contributed by atoms with Gasteiger partial charge in [0.25, 0.3) is 0 Å². The summed E-state index contributed by atoms with van der Waals surface area (Å²) in [6, 6.07) is 3.29. The molecule has 0 saturated heterocycles. The van der Waals surface area contributed by atoms with Crippen LogP contribution in [0.4, 0.5) is 0 Å². The van der Waals surface area contributed by atoms with Crippen LogP contribution in [0, 0.1) is 13.8 Å². The minimum atomic E-state index is -0.483. The van der Waals surface area contributed by atoms with Crippen molar-refractivity contribution in [3.63, 3.8) is 0 Å². The number of carbonyl (C=O) groups is 2. The van der Waals surface area contributed by atoms with Gasteiger partial charge in [-0.3, -0.25) is 9.59 Å². The molecule has 2 N–H and O–H groups in total. The fraction of sp³-hybridized carbons (Fsp3) is 0.385. The van der Waals surface area contributed by atoms with Gasteiger partial charge in [-0.2, -0.15) is 0 Å². The van der Waals surface area contributed by atoms with Crippen molar-refractivity contribution in [3.8, 4) is 5.75 Å². The molecule has 98 valence electrons. The van der Waals surface area contributed by atoms with Gasteiger partial charge >= 0.3 is 0 Å². The Kier molecular flexibility index (Phi) is 4.85. The summed E-state index contributed by atoms with van der Waals surface area (Å²) in [6.45, 7) is 3.58. The minimum Gasteiger partial charge on any atom is -0.485 e. The third kappa shape index (κ3) is 3.56. The molecule has 1 aromatic carbocycles. The van der Waals surface area contributed by atoms with Crippen LogP contribution in [-0.4, -0.2) is 32.0 Å². The third-order valence-electron chi connectivity index (χ3n) is 2.43. The highest BCUT2D eigenvalue weighted by atomic mass is 16.5. The quantitative estimate of drug-likeness (QED) is 0.818. The van der Waals surface area contributed by atoms with Gasteiger partial charge in [-0.25, -0.2) is 0 Å². The predicted octanol–water partition coefficient (Wildman–Crippen LogP) is 0.997. The molecular formula is C13H17NO4. The summed E-state index contributed by atoms with van der Waals surface area (Å²) in [5.41, 5.74) is 7.19. The van der Waals surface area contributed by atoms with Crippen LogP contribution in [0.1, 0.15) is 21.5 Å². The first-order valence-corrected chi connectivity index (χ1v) is 5.50. The maximum Gasteiger partial charge on any atom is 0.248 e. The van der Waals surface area contributed by atoms with E-state index in [1.807, 2.05) is 0 Å². The van der Waals surface area contributed by atoms with Crippen molar-refractivity contribution < 1.29 is 19.1 Å². The summed E-state index contributed by atoms with van der Waals surface area (Å²) >= 11 is 0. The molecule has 1 aromatic rings. The fourth-order valence-corrected chi connectivity index (χ4v) is 1.68. The lowest BCUT2D eigenvalue weighted by atomic mass is 10.1. The highest BCUT2D eigenvalue weighted by molar-refractivity contribution is 5.93. The summed E-state index contributed by atoms with van der Waals surface area (Å²) in [4.78, 5) is 22.4. The number of methoxy groups -OCH3 is 1. The first-order chi connectivity index (χ1) is 8.45. The standard InChI is InChI=1S/C13H17NO4/c1-8-4-10(13(14)16)5-9(2)12(8)18-7-11(15)6-17-3/h4-5H,6-7H2,1-3H3,(H2,14,16). The number of ketones is 1. The van der Waals surface area contributed by atoms with Crippen LogP contribution in [0.15, 0.2) is 12.1 Å². The number of hydrogen-bond donors (Lipinski definition) is 1. The molecule has 5 heteroatoms. The number of rotatable bonds is 6. The van der Waals surface area contributed by atoms with Crippen LogP contribution in [0.2, 0.25) is 0 Å². The van der Waals surface area contributed by atoms with Crippen LogP contribution in [0.3, 0.4) is 0 Å². The number of ether oxygens (including phenoxy) is 2. The SMILES string of the molecule is COCC(=O)COc1c(C)cc(C(N)=O)cc1C. The Labute approximate surface area is 106 Å². The van der Waals surface area contributed by atoms with Gasteiger partial charge in [0.1, 0.15) is 19.0 Å². The van der Waals surface area contributed by atoms with Crippen molar-refractivity contribution in [3.05, 3.63) is 28.8 Å². The van der Waals surface area contributed by atoms with Gasteiger partial charge in [-0.05, 0) is 37.1 Å². The topological polar surface area (TPSA) is 78.6 Å². The minimum absolute atomic E-state index is 0.0253. The number of benzene rings is 1. The molecule has 0 atom stereocenters. The van der Waals surface area contributed by atoms with Crippen LogP contribution in [0.25, 0.3) is 0 Å². The molecule has 0 aliphatic carbocycles. The average Bonchev–Trinajstić information content (AvgIpc) is 2.27. The Morgan fingerprint density at radius 3 is 2.17 bits per heavy atom. The van der Waals surface area contributed by atoms with Crippen LogP contribution >= 0.6 is 0 Å². The van der Waals surface area contributed by atoms with E-state index < -0.39 is 5.91 Å². The van der Waals surface area contributed by atoms with Gasteiger partial charge in [-0.15, -0.1) is 0 Å². The summed E-state index contributed by atoms with van der Waals surface area (Å²) in [6.07, 6.45) is 0. The first kappa shape index (κ1) is 14.2. The third-order valence-corrected chi connectivity index (χ3v) is 2.43. The van der Waals surface area contributed by atoms with E-state index in [0.717, 1.165) is 11.1 Å². The van der Waals surface area contributed by atoms with Crippen LogP contribution < -0.4 is 10.5 Å². The van der Waals surface area contributed by atoms with Crippen molar-refractivity contribution in [1.29, 1.82) is 0 Å². The fourth-order valence-electron chi connectivity index (χ4n) is 1.68. The van der Waals surface area contributed by atoms with Crippen LogP contribution in [-0.2, 0) is 9.53 Å². The molecule has 0 aliphatic heterocycles. The number of amides is 1. The second kappa shape index (κ2) is 6.16. The number of hydrogen-bond acceptors (Lipinski definition) is 4. The molecule has 0 bridgehead atoms. The van der Waals surface area contributed by atoms with Crippen molar-refractivity contribution in [2.45, 2.75) is 13.8 Å². The van der Waals surface area contributed by atoms with E-state index in [2.05, 4.69) is 0 Å². The number of Topliss-reactive ketones (excluding diaryl/α,β-unsaturated/α-hetero) is 1. The van der Waals surface area contributed by atoms with E-state index in [0.29, 0.717) is 11.3 Å². The zero-order valence-corrected chi connectivity index (χ0v) is 10.8. The molecular weight excluding hydrogens is 234 g/mol. The van der Waals surface area contributed by atoms with E-state index >= 15 is 0 Å². The zero-order valence-electron chi connectivity index (χ0n) is 10.8. The average molecular weight is 251 g/mol. The van der Waals surface area contributed by atoms with Crippen molar-refractivity contribution in [2.24, 2.45) is 5.73 Å². The largest absolute Gasteiger partial charge is 0.485 e. The molecule has 0 radical (unpaired) electrons.